The summed E-state index contributed by atoms with van der Waals surface area (Å²) in [5.74, 6) is -2.02. The zero-order valence-electron chi connectivity index (χ0n) is 35.7. The molecule has 5 rings (SSSR count). The van der Waals surface area contributed by atoms with Crippen LogP contribution in [0.25, 0.3) is 0 Å². The van der Waals surface area contributed by atoms with Crippen molar-refractivity contribution >= 4 is 17.7 Å². The zero-order chi connectivity index (χ0) is 48.2. The lowest BCUT2D eigenvalue weighted by atomic mass is 9.92. The molecular formula is C37H63N3O25. The van der Waals surface area contributed by atoms with Gasteiger partial charge in [-0.3, -0.25) is 14.4 Å². The first kappa shape index (κ1) is 53.5. The average molecular weight is 950 g/mol. The Bertz CT molecular complexity index is 1560. The van der Waals surface area contributed by atoms with Crippen LogP contribution < -0.4 is 16.0 Å². The Morgan fingerprint density at radius 2 is 0.738 bits per heavy atom. The monoisotopic (exact) mass is 949 g/mol. The first-order valence-corrected chi connectivity index (χ1v) is 20.9. The highest BCUT2D eigenvalue weighted by atomic mass is 16.8. The first-order valence-electron chi connectivity index (χ1n) is 20.9. The Morgan fingerprint density at radius 3 is 1.25 bits per heavy atom. The molecule has 3 amide bonds. The standard InChI is InChI=1S/C37H63N3O25/c1-10-19(38-11(2)46)26(53)30(17(8-44)57-10)62-35-21(40-13(4)48)27(54)31(18(9-45)61-35)63-36-29(56)32(24(51)16(7-43)59-36)64-37-33(28(55)23(50)15(6-42)60-37)65-34-20(39-12(3)47)25(52)22(49)14(5-41)58-34/h10,14-37,41-45,49-56H,5-9H2,1-4H3,(H,38,46)(H,39,47)(H,40,48)/t10-,14?,15?,16?,17?,18?,19?,20?,21?,22-,23-,24-,25+,26+,27+,28?,29?,30-,31-,32-,33?,34-,35-,36-,37-/m0/s1. The summed E-state index contributed by atoms with van der Waals surface area (Å²) in [4.78, 5) is 36.4. The van der Waals surface area contributed by atoms with Crippen LogP contribution in [0.3, 0.4) is 0 Å². The van der Waals surface area contributed by atoms with Crippen LogP contribution >= 0.6 is 0 Å². The third-order valence-electron chi connectivity index (χ3n) is 11.8. The molecule has 0 saturated carbocycles. The largest absolute Gasteiger partial charge is 0.394 e. The molecular weight excluding hydrogens is 886 g/mol. The maximum Gasteiger partial charge on any atom is 0.217 e. The summed E-state index contributed by atoms with van der Waals surface area (Å²) in [6.07, 6.45) is -38.5. The Labute approximate surface area is 370 Å². The molecule has 25 atom stereocenters. The molecule has 65 heavy (non-hydrogen) atoms. The number of aliphatic hydroxyl groups is 13. The number of hydrogen-bond acceptors (Lipinski definition) is 25. The highest BCUT2D eigenvalue weighted by Gasteiger charge is 2.57. The van der Waals surface area contributed by atoms with Crippen LogP contribution in [-0.4, -0.2) is 270 Å². The Balaban J connectivity index is 1.40. The SMILES string of the molecule is CC(=O)NC1[C@H](OC2C(O)[C@@H](O)C(CO)O[C@H]2O[C@@H]2C(O)[C@H](O[C@H]3C(CO)O[C@@H](O[C@H]4C(CO)O[C@@H](C)C(NC(C)=O)[C@H]4O)C(NC(C)=O)[C@H]3O)OC(CO)[C@@H]2O)OC(CO)[C@H](O)[C@@H]1O. The van der Waals surface area contributed by atoms with E-state index in [9.17, 15) is 80.8 Å². The van der Waals surface area contributed by atoms with Gasteiger partial charge < -0.3 is 125 Å². The van der Waals surface area contributed by atoms with Crippen molar-refractivity contribution in [2.24, 2.45) is 0 Å². The minimum absolute atomic E-state index is 0.530. The third-order valence-corrected chi connectivity index (χ3v) is 11.8. The quantitative estimate of drug-likeness (QED) is 0.0683. The number of hydrogen-bond donors (Lipinski definition) is 16. The van der Waals surface area contributed by atoms with Gasteiger partial charge in [-0.05, 0) is 6.92 Å². The number of carbonyl (C=O) groups is 3. The number of amides is 3. The van der Waals surface area contributed by atoms with E-state index in [4.69, 9.17) is 42.6 Å². The van der Waals surface area contributed by atoms with Crippen LogP contribution in [0.15, 0.2) is 0 Å². The molecule has 16 N–H and O–H groups in total. The molecule has 28 heteroatoms. The van der Waals surface area contributed by atoms with E-state index in [1.54, 1.807) is 0 Å². The topological polar surface area (TPSA) is 433 Å². The Hall–Kier alpha value is -2.47. The lowest BCUT2D eigenvalue weighted by Crippen LogP contribution is -2.70. The van der Waals surface area contributed by atoms with E-state index in [0.717, 1.165) is 13.8 Å². The first-order chi connectivity index (χ1) is 30.7. The Kier molecular flexibility index (Phi) is 19.1. The van der Waals surface area contributed by atoms with E-state index in [1.165, 1.54) is 13.8 Å². The van der Waals surface area contributed by atoms with Crippen LogP contribution in [0.5, 0.6) is 0 Å². The molecule has 5 heterocycles. The summed E-state index contributed by atoms with van der Waals surface area (Å²) in [5, 5.41) is 147. The van der Waals surface area contributed by atoms with Gasteiger partial charge in [-0.1, -0.05) is 0 Å². The second-order valence-corrected chi connectivity index (χ2v) is 16.5. The van der Waals surface area contributed by atoms with Gasteiger partial charge in [0.1, 0.15) is 116 Å². The van der Waals surface area contributed by atoms with Crippen molar-refractivity contribution in [1.82, 2.24) is 16.0 Å². The molecule has 5 aliphatic heterocycles. The fourth-order valence-electron chi connectivity index (χ4n) is 8.47. The molecule has 376 valence electrons. The van der Waals surface area contributed by atoms with E-state index in [2.05, 4.69) is 16.0 Å². The van der Waals surface area contributed by atoms with Crippen molar-refractivity contribution in [2.75, 3.05) is 33.0 Å². The predicted octanol–water partition coefficient (Wildman–Crippen LogP) is -10.4. The number of nitrogens with one attached hydrogen (secondary N) is 3. The molecule has 0 aromatic heterocycles. The average Bonchev–Trinajstić information content (AvgIpc) is 3.26. The van der Waals surface area contributed by atoms with Gasteiger partial charge in [0.2, 0.25) is 17.7 Å². The van der Waals surface area contributed by atoms with Crippen molar-refractivity contribution in [2.45, 2.75) is 181 Å². The predicted molar refractivity (Wildman–Crippen MR) is 205 cm³/mol. The van der Waals surface area contributed by atoms with Gasteiger partial charge in [0, 0.05) is 20.8 Å². The van der Waals surface area contributed by atoms with E-state index < -0.39 is 204 Å². The summed E-state index contributed by atoms with van der Waals surface area (Å²) in [5.41, 5.74) is 0. The van der Waals surface area contributed by atoms with Gasteiger partial charge in [0.25, 0.3) is 0 Å². The summed E-state index contributed by atoms with van der Waals surface area (Å²) in [6.45, 7) is 0.416. The molecule has 0 radical (unpaired) electrons. The molecule has 0 spiro atoms. The van der Waals surface area contributed by atoms with Gasteiger partial charge >= 0.3 is 0 Å². The fourth-order valence-corrected chi connectivity index (χ4v) is 8.47. The van der Waals surface area contributed by atoms with Gasteiger partial charge in [-0.25, -0.2) is 0 Å². The number of aliphatic hydroxyl groups excluding tert-OH is 13. The Morgan fingerprint density at radius 1 is 0.385 bits per heavy atom. The van der Waals surface area contributed by atoms with E-state index in [-0.39, 0.29) is 0 Å². The van der Waals surface area contributed by atoms with E-state index in [0.29, 0.717) is 0 Å². The maximum atomic E-state index is 12.5. The molecule has 11 unspecified atom stereocenters. The van der Waals surface area contributed by atoms with Gasteiger partial charge in [0.05, 0.1) is 45.2 Å². The molecule has 0 aromatic rings. The van der Waals surface area contributed by atoms with Crippen LogP contribution in [0.2, 0.25) is 0 Å². The molecule has 28 nitrogen and oxygen atoms in total. The zero-order valence-corrected chi connectivity index (χ0v) is 35.7. The highest BCUT2D eigenvalue weighted by molar-refractivity contribution is 5.74. The fraction of sp³-hybridized carbons (Fsp3) is 0.919. The van der Waals surface area contributed by atoms with Crippen molar-refractivity contribution in [1.29, 1.82) is 0 Å². The van der Waals surface area contributed by atoms with Crippen LogP contribution in [0, 0.1) is 0 Å². The number of carbonyl (C=O) groups excluding carboxylic acids is 3. The minimum Gasteiger partial charge on any atom is -0.394 e. The molecule has 5 fully saturated rings. The minimum atomic E-state index is -2.17. The second-order valence-electron chi connectivity index (χ2n) is 16.5. The molecule has 0 bridgehead atoms. The van der Waals surface area contributed by atoms with Crippen molar-refractivity contribution < 1.29 is 123 Å². The smallest absolute Gasteiger partial charge is 0.217 e. The van der Waals surface area contributed by atoms with Gasteiger partial charge in [-0.2, -0.15) is 0 Å². The van der Waals surface area contributed by atoms with Crippen LogP contribution in [0.4, 0.5) is 0 Å². The summed E-state index contributed by atoms with van der Waals surface area (Å²) in [7, 11) is 0. The van der Waals surface area contributed by atoms with Crippen LogP contribution in [0.1, 0.15) is 27.7 Å². The lowest BCUT2D eigenvalue weighted by Gasteiger charge is -2.50. The highest BCUT2D eigenvalue weighted by Crippen LogP contribution is 2.36. The molecule has 5 aliphatic rings. The van der Waals surface area contributed by atoms with Gasteiger partial charge in [0.15, 0.2) is 25.2 Å². The molecule has 5 saturated heterocycles. The van der Waals surface area contributed by atoms with Gasteiger partial charge in [-0.15, -0.1) is 0 Å². The summed E-state index contributed by atoms with van der Waals surface area (Å²) in [6, 6.07) is -4.25. The van der Waals surface area contributed by atoms with E-state index >= 15 is 0 Å². The van der Waals surface area contributed by atoms with Crippen LogP contribution in [-0.2, 0) is 57.0 Å². The normalized spacial score (nSPS) is 47.1. The second kappa shape index (κ2) is 23.2. The lowest BCUT2D eigenvalue weighted by molar-refractivity contribution is -0.391. The van der Waals surface area contributed by atoms with Crippen molar-refractivity contribution in [3.8, 4) is 0 Å². The van der Waals surface area contributed by atoms with Crippen molar-refractivity contribution in [3.63, 3.8) is 0 Å². The number of rotatable bonds is 16. The van der Waals surface area contributed by atoms with Crippen molar-refractivity contribution in [3.05, 3.63) is 0 Å². The summed E-state index contributed by atoms with van der Waals surface area (Å²) >= 11 is 0. The molecule has 0 aliphatic carbocycles. The molecule has 0 aromatic carbocycles. The number of ether oxygens (including phenoxy) is 9. The third kappa shape index (κ3) is 11.9. The summed E-state index contributed by atoms with van der Waals surface area (Å²) < 4.78 is 52.4. The maximum absolute atomic E-state index is 12.5. The van der Waals surface area contributed by atoms with E-state index in [1.807, 2.05) is 0 Å².